The number of rotatable bonds is 11. The molecule has 1 aromatic heterocycles. The third kappa shape index (κ3) is 6.94. The summed E-state index contributed by atoms with van der Waals surface area (Å²) in [5.41, 5.74) is 0.312. The van der Waals surface area contributed by atoms with Crippen LogP contribution in [-0.2, 0) is 16.1 Å². The molecule has 1 N–H and O–H groups in total. The maximum atomic E-state index is 12.2. The first-order chi connectivity index (χ1) is 13.1. The molecule has 0 saturated carbocycles. The molecule has 0 saturated heterocycles. The Morgan fingerprint density at radius 1 is 1.11 bits per heavy atom. The smallest absolute Gasteiger partial charge is 0.338 e. The minimum absolute atomic E-state index is 0.312. The normalized spacial score (nSPS) is 10.3. The van der Waals surface area contributed by atoms with Crippen molar-refractivity contribution < 1.29 is 23.8 Å². The van der Waals surface area contributed by atoms with Gasteiger partial charge in [0.2, 0.25) is 0 Å². The summed E-state index contributed by atoms with van der Waals surface area (Å²) in [7, 11) is 0. The molecule has 0 bridgehead atoms. The SMILES string of the molecule is CCCCOc1ccc(C(=O)OCC(=O)NCc2cccs2)cc1OCC. The van der Waals surface area contributed by atoms with E-state index in [0.717, 1.165) is 17.7 Å². The Balaban J connectivity index is 1.88. The molecular formula is C20H25NO5S. The molecule has 27 heavy (non-hydrogen) atoms. The van der Waals surface area contributed by atoms with Gasteiger partial charge in [0, 0.05) is 4.88 Å². The van der Waals surface area contributed by atoms with Crippen LogP contribution in [0.3, 0.4) is 0 Å². The summed E-state index contributed by atoms with van der Waals surface area (Å²) < 4.78 is 16.3. The van der Waals surface area contributed by atoms with Crippen LogP contribution in [0, 0.1) is 0 Å². The zero-order valence-corrected chi connectivity index (χ0v) is 16.5. The van der Waals surface area contributed by atoms with Crippen molar-refractivity contribution in [1.82, 2.24) is 5.32 Å². The molecule has 2 aromatic rings. The molecule has 146 valence electrons. The predicted molar refractivity (Wildman–Crippen MR) is 104 cm³/mol. The molecule has 0 atom stereocenters. The first-order valence-electron chi connectivity index (χ1n) is 8.99. The zero-order chi connectivity index (χ0) is 19.5. The highest BCUT2D eigenvalue weighted by atomic mass is 32.1. The van der Waals surface area contributed by atoms with Crippen molar-refractivity contribution in [1.29, 1.82) is 0 Å². The number of carbonyl (C=O) groups excluding carboxylic acids is 2. The third-order valence-electron chi connectivity index (χ3n) is 3.61. The number of ether oxygens (including phenoxy) is 3. The fourth-order valence-corrected chi connectivity index (χ4v) is 2.86. The van der Waals surface area contributed by atoms with Gasteiger partial charge in [-0.15, -0.1) is 11.3 Å². The fraction of sp³-hybridized carbons (Fsp3) is 0.400. The molecule has 7 heteroatoms. The molecule has 6 nitrogen and oxygen atoms in total. The minimum atomic E-state index is -0.581. The number of benzene rings is 1. The number of thiophene rings is 1. The summed E-state index contributed by atoms with van der Waals surface area (Å²) in [6.45, 7) is 5.08. The Bertz CT molecular complexity index is 730. The average Bonchev–Trinajstić information content (AvgIpc) is 3.19. The van der Waals surface area contributed by atoms with Gasteiger partial charge in [-0.1, -0.05) is 19.4 Å². The molecule has 2 rings (SSSR count). The monoisotopic (exact) mass is 391 g/mol. The lowest BCUT2D eigenvalue weighted by atomic mass is 10.2. The van der Waals surface area contributed by atoms with Crippen LogP contribution in [-0.4, -0.2) is 31.7 Å². The second-order valence-electron chi connectivity index (χ2n) is 5.73. The van der Waals surface area contributed by atoms with Gasteiger partial charge in [-0.2, -0.15) is 0 Å². The van der Waals surface area contributed by atoms with Crippen LogP contribution < -0.4 is 14.8 Å². The maximum Gasteiger partial charge on any atom is 0.338 e. The van der Waals surface area contributed by atoms with Crippen LogP contribution in [0.4, 0.5) is 0 Å². The first-order valence-corrected chi connectivity index (χ1v) is 9.87. The second-order valence-corrected chi connectivity index (χ2v) is 6.76. The van der Waals surface area contributed by atoms with E-state index in [1.54, 1.807) is 29.5 Å². The quantitative estimate of drug-likeness (QED) is 0.466. The molecular weight excluding hydrogens is 366 g/mol. The second kappa shape index (κ2) is 11.2. The Morgan fingerprint density at radius 2 is 1.96 bits per heavy atom. The number of nitrogens with one attached hydrogen (secondary N) is 1. The van der Waals surface area contributed by atoms with E-state index in [-0.39, 0.29) is 12.5 Å². The molecule has 0 unspecified atom stereocenters. The molecule has 1 amide bonds. The highest BCUT2D eigenvalue weighted by Gasteiger charge is 2.14. The highest BCUT2D eigenvalue weighted by Crippen LogP contribution is 2.29. The van der Waals surface area contributed by atoms with Crippen molar-refractivity contribution in [3.05, 3.63) is 46.2 Å². The standard InChI is InChI=1S/C20H25NO5S/c1-3-5-10-25-17-9-8-15(12-18(17)24-4-2)20(23)26-14-19(22)21-13-16-7-6-11-27-16/h6-9,11-12H,3-5,10,13-14H2,1-2H3,(H,21,22). The van der Waals surface area contributed by atoms with Gasteiger partial charge in [-0.05, 0) is 43.0 Å². The molecule has 0 aliphatic heterocycles. The summed E-state index contributed by atoms with van der Waals surface area (Å²) >= 11 is 1.55. The third-order valence-corrected chi connectivity index (χ3v) is 4.49. The summed E-state index contributed by atoms with van der Waals surface area (Å²) in [6.07, 6.45) is 1.97. The van der Waals surface area contributed by atoms with Gasteiger partial charge >= 0.3 is 5.97 Å². The van der Waals surface area contributed by atoms with Gasteiger partial charge < -0.3 is 19.5 Å². The van der Waals surface area contributed by atoms with Crippen molar-refractivity contribution in [2.24, 2.45) is 0 Å². The Kier molecular flexibility index (Phi) is 8.64. The number of esters is 1. The van der Waals surface area contributed by atoms with E-state index < -0.39 is 5.97 Å². The summed E-state index contributed by atoms with van der Waals surface area (Å²) in [5, 5.41) is 4.65. The van der Waals surface area contributed by atoms with Gasteiger partial charge in [0.1, 0.15) is 0 Å². The van der Waals surface area contributed by atoms with E-state index in [4.69, 9.17) is 14.2 Å². The zero-order valence-electron chi connectivity index (χ0n) is 15.7. The van der Waals surface area contributed by atoms with E-state index in [0.29, 0.717) is 36.8 Å². The van der Waals surface area contributed by atoms with Gasteiger partial charge in [0.05, 0.1) is 25.3 Å². The average molecular weight is 391 g/mol. The van der Waals surface area contributed by atoms with Crippen LogP contribution in [0.5, 0.6) is 11.5 Å². The Labute approximate surface area is 163 Å². The molecule has 1 aromatic carbocycles. The van der Waals surface area contributed by atoms with E-state index in [2.05, 4.69) is 12.2 Å². The van der Waals surface area contributed by atoms with Crippen LogP contribution in [0.15, 0.2) is 35.7 Å². The van der Waals surface area contributed by atoms with Crippen LogP contribution >= 0.6 is 11.3 Å². The number of unbranched alkanes of at least 4 members (excludes halogenated alkanes) is 1. The van der Waals surface area contributed by atoms with Crippen molar-refractivity contribution >= 4 is 23.2 Å². The summed E-state index contributed by atoms with van der Waals surface area (Å²) in [4.78, 5) is 25.1. The van der Waals surface area contributed by atoms with Crippen molar-refractivity contribution in [3.8, 4) is 11.5 Å². The topological polar surface area (TPSA) is 73.9 Å². The number of hydrogen-bond acceptors (Lipinski definition) is 6. The predicted octanol–water partition coefficient (Wildman–Crippen LogP) is 3.80. The van der Waals surface area contributed by atoms with Crippen molar-refractivity contribution in [2.45, 2.75) is 33.2 Å². The van der Waals surface area contributed by atoms with Crippen LogP contribution in [0.1, 0.15) is 41.9 Å². The Hall–Kier alpha value is -2.54. The maximum absolute atomic E-state index is 12.2. The Morgan fingerprint density at radius 3 is 2.67 bits per heavy atom. The first kappa shape index (κ1) is 20.8. The molecule has 0 radical (unpaired) electrons. The van der Waals surface area contributed by atoms with E-state index in [1.807, 2.05) is 24.4 Å². The molecule has 0 aliphatic carbocycles. The van der Waals surface area contributed by atoms with Gasteiger partial charge in [-0.3, -0.25) is 4.79 Å². The lowest BCUT2D eigenvalue weighted by molar-refractivity contribution is -0.124. The molecule has 0 aliphatic rings. The van der Waals surface area contributed by atoms with E-state index >= 15 is 0 Å². The van der Waals surface area contributed by atoms with Gasteiger partial charge in [-0.25, -0.2) is 4.79 Å². The highest BCUT2D eigenvalue weighted by molar-refractivity contribution is 7.09. The summed E-state index contributed by atoms with van der Waals surface area (Å²) in [5.74, 6) is 0.157. The van der Waals surface area contributed by atoms with Crippen LogP contribution in [0.2, 0.25) is 0 Å². The lowest BCUT2D eigenvalue weighted by Gasteiger charge is -2.13. The van der Waals surface area contributed by atoms with E-state index in [9.17, 15) is 9.59 Å². The number of amides is 1. The fourth-order valence-electron chi connectivity index (χ4n) is 2.21. The lowest BCUT2D eigenvalue weighted by Crippen LogP contribution is -2.28. The van der Waals surface area contributed by atoms with Crippen molar-refractivity contribution in [2.75, 3.05) is 19.8 Å². The van der Waals surface area contributed by atoms with Crippen molar-refractivity contribution in [3.63, 3.8) is 0 Å². The van der Waals surface area contributed by atoms with Crippen LogP contribution in [0.25, 0.3) is 0 Å². The number of hydrogen-bond donors (Lipinski definition) is 1. The molecule has 0 spiro atoms. The summed E-state index contributed by atoms with van der Waals surface area (Å²) in [6, 6.07) is 8.72. The van der Waals surface area contributed by atoms with Gasteiger partial charge in [0.15, 0.2) is 18.1 Å². The van der Waals surface area contributed by atoms with E-state index in [1.165, 1.54) is 0 Å². The van der Waals surface area contributed by atoms with Gasteiger partial charge in [0.25, 0.3) is 5.91 Å². The molecule has 1 heterocycles. The molecule has 0 fully saturated rings. The largest absolute Gasteiger partial charge is 0.490 e. The minimum Gasteiger partial charge on any atom is -0.490 e. The number of carbonyl (C=O) groups is 2.